The van der Waals surface area contributed by atoms with Gasteiger partial charge in [-0.3, -0.25) is 0 Å². The first kappa shape index (κ1) is 13.5. The molecule has 11 heavy (non-hydrogen) atoms. The third-order valence-corrected chi connectivity index (χ3v) is 1.31. The average molecular weight is 179 g/mol. The lowest BCUT2D eigenvalue weighted by atomic mass is 10.3. The van der Waals surface area contributed by atoms with Crippen LogP contribution in [0.25, 0.3) is 0 Å². The number of rotatable bonds is 5. The van der Waals surface area contributed by atoms with Gasteiger partial charge in [-0.1, -0.05) is 5.57 Å². The van der Waals surface area contributed by atoms with Crippen LogP contribution in [-0.4, -0.2) is 19.6 Å². The Morgan fingerprint density at radius 2 is 2.09 bits per heavy atom. The zero-order chi connectivity index (χ0) is 7.82. The third-order valence-electron chi connectivity index (χ3n) is 1.31. The van der Waals surface area contributed by atoms with Crippen LogP contribution in [0.5, 0.6) is 0 Å². The highest BCUT2D eigenvalue weighted by Gasteiger charge is 1.85. The zero-order valence-electron chi connectivity index (χ0n) is 7.44. The minimum atomic E-state index is 0. The van der Waals surface area contributed by atoms with E-state index in [0.717, 1.165) is 26.1 Å². The molecule has 2 nitrogen and oxygen atoms in total. The van der Waals surface area contributed by atoms with Crippen molar-refractivity contribution in [3.8, 4) is 0 Å². The van der Waals surface area contributed by atoms with Crippen molar-refractivity contribution in [1.82, 2.24) is 0 Å². The Balaban J connectivity index is 0. The maximum atomic E-state index is 5.34. The van der Waals surface area contributed by atoms with E-state index >= 15 is 0 Å². The van der Waals surface area contributed by atoms with Gasteiger partial charge in [-0.2, -0.15) is 0 Å². The number of hydrogen-bond acceptors (Lipinski definition) is 1. The predicted octanol–water partition coefficient (Wildman–Crippen LogP) is -3.13. The normalized spacial score (nSPS) is 8.64. The summed E-state index contributed by atoms with van der Waals surface area (Å²) < 4.78 is 0. The van der Waals surface area contributed by atoms with Crippen molar-refractivity contribution in [1.29, 1.82) is 0 Å². The second-order valence-electron chi connectivity index (χ2n) is 2.74. The number of halogens is 1. The molecule has 4 N–H and O–H groups in total. The molecule has 0 aromatic heterocycles. The Bertz CT molecular complexity index is 98.3. The molecule has 0 radical (unpaired) electrons. The van der Waals surface area contributed by atoms with Gasteiger partial charge in [0.25, 0.3) is 0 Å². The molecule has 0 fully saturated rings. The fourth-order valence-electron chi connectivity index (χ4n) is 0.699. The summed E-state index contributed by atoms with van der Waals surface area (Å²) in [7, 11) is 0. The van der Waals surface area contributed by atoms with Crippen molar-refractivity contribution in [2.45, 2.75) is 20.3 Å². The lowest BCUT2D eigenvalue weighted by molar-refractivity contribution is -0.646. The van der Waals surface area contributed by atoms with Crippen molar-refractivity contribution in [3.63, 3.8) is 0 Å². The van der Waals surface area contributed by atoms with Crippen LogP contribution >= 0.6 is 0 Å². The molecule has 0 aromatic rings. The maximum absolute atomic E-state index is 5.34. The molecule has 0 aromatic carbocycles. The summed E-state index contributed by atoms with van der Waals surface area (Å²) in [5, 5.41) is 2.28. The molecule has 0 atom stereocenters. The van der Waals surface area contributed by atoms with Gasteiger partial charge in [-0.15, -0.1) is 0 Å². The van der Waals surface area contributed by atoms with Crippen LogP contribution in [0, 0.1) is 0 Å². The number of hydrogen-bond donors (Lipinski definition) is 2. The van der Waals surface area contributed by atoms with Crippen molar-refractivity contribution >= 4 is 0 Å². The standard InChI is InChI=1S/C8H18N2.ClH/c1-8(2)4-7-10-6-3-5-9;/h4,10H,3,5-7,9H2,1-2H3;1H. The summed E-state index contributed by atoms with van der Waals surface area (Å²) in [5.41, 5.74) is 6.73. The average Bonchev–Trinajstić information content (AvgIpc) is 1.87. The zero-order valence-corrected chi connectivity index (χ0v) is 8.19. The monoisotopic (exact) mass is 178 g/mol. The van der Waals surface area contributed by atoms with Gasteiger partial charge in [-0.25, -0.2) is 0 Å². The molecule has 0 heterocycles. The van der Waals surface area contributed by atoms with E-state index in [1.807, 2.05) is 0 Å². The molecule has 0 amide bonds. The van der Waals surface area contributed by atoms with Crippen molar-refractivity contribution in [2.75, 3.05) is 19.6 Å². The van der Waals surface area contributed by atoms with Crippen LogP contribution in [0.15, 0.2) is 11.6 Å². The third kappa shape index (κ3) is 13.0. The number of quaternary nitrogens is 1. The molecule has 0 spiro atoms. The quantitative estimate of drug-likeness (QED) is 0.340. The highest BCUT2D eigenvalue weighted by molar-refractivity contribution is 4.91. The van der Waals surface area contributed by atoms with Crippen LogP contribution in [0.1, 0.15) is 20.3 Å². The van der Waals surface area contributed by atoms with Crippen molar-refractivity contribution in [3.05, 3.63) is 11.6 Å². The van der Waals surface area contributed by atoms with E-state index in [9.17, 15) is 0 Å². The molecule has 0 aliphatic rings. The molecule has 0 saturated heterocycles. The molecule has 0 aliphatic carbocycles. The van der Waals surface area contributed by atoms with E-state index < -0.39 is 0 Å². The first-order valence-corrected chi connectivity index (χ1v) is 3.92. The first-order chi connectivity index (χ1) is 4.77. The number of allylic oxidation sites excluding steroid dienone is 1. The molecule has 0 unspecified atom stereocenters. The molecule has 0 aliphatic heterocycles. The Hall–Kier alpha value is -0.0500. The second kappa shape index (κ2) is 9.95. The second-order valence-corrected chi connectivity index (χ2v) is 2.74. The topological polar surface area (TPSA) is 42.6 Å². The van der Waals surface area contributed by atoms with E-state index in [2.05, 4.69) is 25.2 Å². The molecular weight excluding hydrogens is 160 g/mol. The first-order valence-electron chi connectivity index (χ1n) is 3.92. The van der Waals surface area contributed by atoms with Crippen LogP contribution < -0.4 is 23.5 Å². The van der Waals surface area contributed by atoms with Gasteiger partial charge in [0.2, 0.25) is 0 Å². The lowest BCUT2D eigenvalue weighted by Crippen LogP contribution is -3.00. The van der Waals surface area contributed by atoms with Crippen LogP contribution in [-0.2, 0) is 0 Å². The molecule has 0 rings (SSSR count). The minimum absolute atomic E-state index is 0. The van der Waals surface area contributed by atoms with Gasteiger partial charge in [0.05, 0.1) is 13.1 Å². The van der Waals surface area contributed by atoms with Crippen molar-refractivity contribution < 1.29 is 17.7 Å². The Kier molecular flexibility index (Phi) is 12.2. The number of nitrogens with two attached hydrogens (primary N) is 2. The molecule has 68 valence electrons. The summed E-state index contributed by atoms with van der Waals surface area (Å²) in [6.07, 6.45) is 3.35. The highest BCUT2D eigenvalue weighted by Crippen LogP contribution is 1.82. The highest BCUT2D eigenvalue weighted by atomic mass is 35.5. The smallest absolute Gasteiger partial charge is 0.0944 e. The van der Waals surface area contributed by atoms with Crippen LogP contribution in [0.4, 0.5) is 0 Å². The Labute approximate surface area is 75.6 Å². The summed E-state index contributed by atoms with van der Waals surface area (Å²) in [6.45, 7) is 7.31. The van der Waals surface area contributed by atoms with Gasteiger partial charge in [0.1, 0.15) is 0 Å². The van der Waals surface area contributed by atoms with Gasteiger partial charge in [-0.05, 0) is 26.5 Å². The SMILES string of the molecule is CC(C)=CC[NH2+]CCCN.[Cl-]. The molecule has 3 heteroatoms. The van der Waals surface area contributed by atoms with Gasteiger partial charge in [0.15, 0.2) is 0 Å². The largest absolute Gasteiger partial charge is 1.00 e. The van der Waals surface area contributed by atoms with E-state index in [1.165, 1.54) is 5.57 Å². The van der Waals surface area contributed by atoms with Gasteiger partial charge >= 0.3 is 0 Å². The fraction of sp³-hybridized carbons (Fsp3) is 0.750. The van der Waals surface area contributed by atoms with Gasteiger partial charge < -0.3 is 23.5 Å². The summed E-state index contributed by atoms with van der Waals surface area (Å²) in [6, 6.07) is 0. The summed E-state index contributed by atoms with van der Waals surface area (Å²) in [4.78, 5) is 0. The Morgan fingerprint density at radius 1 is 1.45 bits per heavy atom. The maximum Gasteiger partial charge on any atom is 0.0944 e. The van der Waals surface area contributed by atoms with E-state index in [4.69, 9.17) is 5.73 Å². The summed E-state index contributed by atoms with van der Waals surface area (Å²) in [5.74, 6) is 0. The Morgan fingerprint density at radius 3 is 2.55 bits per heavy atom. The van der Waals surface area contributed by atoms with Crippen LogP contribution in [0.2, 0.25) is 0 Å². The van der Waals surface area contributed by atoms with E-state index in [1.54, 1.807) is 0 Å². The predicted molar refractivity (Wildman–Crippen MR) is 44.8 cm³/mol. The summed E-state index contributed by atoms with van der Waals surface area (Å²) >= 11 is 0. The van der Waals surface area contributed by atoms with Crippen LogP contribution in [0.3, 0.4) is 0 Å². The van der Waals surface area contributed by atoms with Crippen molar-refractivity contribution in [2.24, 2.45) is 5.73 Å². The van der Waals surface area contributed by atoms with E-state index in [0.29, 0.717) is 0 Å². The van der Waals surface area contributed by atoms with E-state index in [-0.39, 0.29) is 12.4 Å². The fourth-order valence-corrected chi connectivity index (χ4v) is 0.699. The molecule has 0 saturated carbocycles. The molecular formula is C8H19ClN2. The minimum Gasteiger partial charge on any atom is -1.00 e. The lowest BCUT2D eigenvalue weighted by Gasteiger charge is -1.95. The van der Waals surface area contributed by atoms with Gasteiger partial charge in [0, 0.05) is 6.42 Å². The molecule has 0 bridgehead atoms.